The third-order valence-electron chi connectivity index (χ3n) is 9.39. The molecule has 0 radical (unpaired) electrons. The van der Waals surface area contributed by atoms with Crippen molar-refractivity contribution in [1.29, 1.82) is 0 Å². The Balaban J connectivity index is 0.000000161. The fourth-order valence-electron chi connectivity index (χ4n) is 7.11. The summed E-state index contributed by atoms with van der Waals surface area (Å²) in [5.41, 5.74) is 14.4. The Morgan fingerprint density at radius 1 is 0.319 bits per heavy atom. The molecular weight excluding hydrogens is 659 g/mol. The smallest absolute Gasteiger partial charge is 0.0101 e. The third-order valence-corrected chi connectivity index (χ3v) is 9.39. The van der Waals surface area contributed by atoms with Crippen molar-refractivity contribution in [3.05, 3.63) is 226 Å². The van der Waals surface area contributed by atoms with Crippen LogP contribution in [0.25, 0.3) is 12.2 Å². The van der Waals surface area contributed by atoms with E-state index < -0.39 is 0 Å². The Bertz CT molecular complexity index is 1780. The maximum Gasteiger partial charge on any atom is 0.0101 e. The van der Waals surface area contributed by atoms with Crippen LogP contribution in [0.15, 0.2) is 181 Å². The normalized spacial score (nSPS) is 15.7. The number of hydrogen-bond acceptors (Lipinski definition) is 0. The first-order chi connectivity index (χ1) is 22.8. The van der Waals surface area contributed by atoms with E-state index in [1.807, 2.05) is 0 Å². The van der Waals surface area contributed by atoms with Gasteiger partial charge in [0.1, 0.15) is 0 Å². The molecule has 0 nitrogen and oxygen atoms in total. The Morgan fingerprint density at radius 2 is 0.617 bits per heavy atom. The van der Waals surface area contributed by atoms with E-state index in [0.29, 0.717) is 11.8 Å². The van der Waals surface area contributed by atoms with Gasteiger partial charge in [-0.15, -0.1) is 0 Å². The van der Waals surface area contributed by atoms with Crippen molar-refractivity contribution < 1.29 is 20.4 Å². The van der Waals surface area contributed by atoms with Crippen molar-refractivity contribution in [1.82, 2.24) is 0 Å². The van der Waals surface area contributed by atoms with Gasteiger partial charge >= 0.3 is 0 Å². The summed E-state index contributed by atoms with van der Waals surface area (Å²) in [7, 11) is 0. The van der Waals surface area contributed by atoms with Gasteiger partial charge in [-0.2, -0.15) is 0 Å². The quantitative estimate of drug-likeness (QED) is 0.139. The van der Waals surface area contributed by atoms with E-state index in [9.17, 15) is 0 Å². The van der Waals surface area contributed by atoms with Crippen LogP contribution >= 0.6 is 0 Å². The zero-order valence-corrected chi connectivity index (χ0v) is 28.2. The van der Waals surface area contributed by atoms with E-state index in [1.165, 1.54) is 55.7 Å². The van der Waals surface area contributed by atoms with Crippen molar-refractivity contribution in [2.24, 2.45) is 0 Å². The van der Waals surface area contributed by atoms with Gasteiger partial charge in [-0.1, -0.05) is 193 Å². The van der Waals surface area contributed by atoms with Crippen LogP contribution in [-0.4, -0.2) is 0 Å². The van der Waals surface area contributed by atoms with Crippen molar-refractivity contribution in [2.75, 3.05) is 0 Å². The zero-order valence-electron chi connectivity index (χ0n) is 26.6. The number of allylic oxidation sites excluding steroid dienone is 2. The average molecular weight is 699 g/mol. The molecule has 0 amide bonds. The number of rotatable bonds is 8. The molecule has 47 heavy (non-hydrogen) atoms. The van der Waals surface area contributed by atoms with Crippen LogP contribution in [0.4, 0.5) is 0 Å². The molecule has 0 bridgehead atoms. The Labute approximate surface area is 294 Å². The minimum atomic E-state index is 0. The first kappa shape index (κ1) is 32.4. The Kier molecular flexibility index (Phi) is 10.9. The molecule has 1 heteroatoms. The van der Waals surface area contributed by atoms with Crippen LogP contribution in [0, 0.1) is 0 Å². The third kappa shape index (κ3) is 8.07. The fraction of sp³-hybridized carbons (Fsp3) is 0.130. The maximum absolute atomic E-state index is 2.40. The van der Waals surface area contributed by atoms with Crippen LogP contribution in [0.5, 0.6) is 0 Å². The molecule has 0 heterocycles. The molecular formula is C46H40Pd. The second-order valence-corrected chi connectivity index (χ2v) is 12.5. The molecule has 2 unspecified atom stereocenters. The van der Waals surface area contributed by atoms with Gasteiger partial charge in [-0.3, -0.25) is 0 Å². The second kappa shape index (κ2) is 15.8. The number of fused-ring (bicyclic) bond motifs is 2. The molecule has 6 aromatic carbocycles. The molecule has 8 rings (SSSR count). The van der Waals surface area contributed by atoms with Crippen molar-refractivity contribution in [3.63, 3.8) is 0 Å². The molecule has 0 spiro atoms. The molecule has 0 N–H and O–H groups in total. The van der Waals surface area contributed by atoms with Gasteiger partial charge in [0.2, 0.25) is 0 Å². The summed E-state index contributed by atoms with van der Waals surface area (Å²) in [4.78, 5) is 0. The van der Waals surface area contributed by atoms with Crippen LogP contribution in [-0.2, 0) is 46.1 Å². The van der Waals surface area contributed by atoms with Crippen LogP contribution in [0.3, 0.4) is 0 Å². The SMILES string of the molecule is C1=C(Cc2ccccc2)C(Cc2ccccc2)c2ccccc21.C1=C(Cc2ccccc2)C(Cc2ccccc2)c2ccccc21.[Pd]. The van der Waals surface area contributed by atoms with Gasteiger partial charge in [-0.05, 0) is 70.2 Å². The minimum Gasteiger partial charge on any atom is -0.0622 e. The average Bonchev–Trinajstić information content (AvgIpc) is 3.63. The molecule has 2 atom stereocenters. The largest absolute Gasteiger partial charge is 0.0622 e. The standard InChI is InChI=1S/2C23H20.Pd/c2*1-3-9-18(10-4-1)15-21-17-20-13-7-8-14-22(20)23(21)16-19-11-5-2-6-12-19;/h2*1-14,17,23H,15-16H2;. The van der Waals surface area contributed by atoms with Gasteiger partial charge in [0, 0.05) is 32.3 Å². The van der Waals surface area contributed by atoms with Crippen molar-refractivity contribution >= 4 is 12.2 Å². The molecule has 0 saturated carbocycles. The van der Waals surface area contributed by atoms with Crippen LogP contribution in [0.1, 0.15) is 56.3 Å². The molecule has 0 fully saturated rings. The second-order valence-electron chi connectivity index (χ2n) is 12.5. The molecule has 0 aromatic heterocycles. The van der Waals surface area contributed by atoms with E-state index in [0.717, 1.165) is 25.7 Å². The van der Waals surface area contributed by atoms with E-state index in [4.69, 9.17) is 0 Å². The predicted octanol–water partition coefficient (Wildman–Crippen LogP) is 11.3. The maximum atomic E-state index is 2.40. The monoisotopic (exact) mass is 698 g/mol. The molecule has 234 valence electrons. The summed E-state index contributed by atoms with van der Waals surface area (Å²) in [6, 6.07) is 60.9. The summed E-state index contributed by atoms with van der Waals surface area (Å²) in [6.45, 7) is 0. The summed E-state index contributed by atoms with van der Waals surface area (Å²) in [5, 5.41) is 0. The van der Waals surface area contributed by atoms with Gasteiger partial charge in [0.25, 0.3) is 0 Å². The van der Waals surface area contributed by atoms with Gasteiger partial charge < -0.3 is 0 Å². The first-order valence-corrected chi connectivity index (χ1v) is 16.5. The minimum absolute atomic E-state index is 0. The van der Waals surface area contributed by atoms with Gasteiger partial charge in [0.15, 0.2) is 0 Å². The predicted molar refractivity (Wildman–Crippen MR) is 195 cm³/mol. The van der Waals surface area contributed by atoms with Crippen molar-refractivity contribution in [3.8, 4) is 0 Å². The van der Waals surface area contributed by atoms with E-state index in [2.05, 4.69) is 182 Å². The molecule has 6 aromatic rings. The first-order valence-electron chi connectivity index (χ1n) is 16.5. The number of hydrogen-bond donors (Lipinski definition) is 0. The zero-order chi connectivity index (χ0) is 31.0. The van der Waals surface area contributed by atoms with E-state index >= 15 is 0 Å². The summed E-state index contributed by atoms with van der Waals surface area (Å²) in [6.07, 6.45) is 9.03. The van der Waals surface area contributed by atoms with Crippen LogP contribution in [0.2, 0.25) is 0 Å². The summed E-state index contributed by atoms with van der Waals surface area (Å²) in [5.74, 6) is 0.989. The Hall–Kier alpha value is -4.54. The fourth-order valence-corrected chi connectivity index (χ4v) is 7.11. The molecule has 2 aliphatic carbocycles. The summed E-state index contributed by atoms with van der Waals surface area (Å²) < 4.78 is 0. The van der Waals surface area contributed by atoms with Crippen molar-refractivity contribution in [2.45, 2.75) is 37.5 Å². The molecule has 0 aliphatic heterocycles. The van der Waals surface area contributed by atoms with Gasteiger partial charge in [0.05, 0.1) is 0 Å². The van der Waals surface area contributed by atoms with Gasteiger partial charge in [-0.25, -0.2) is 0 Å². The van der Waals surface area contributed by atoms with E-state index in [1.54, 1.807) is 0 Å². The summed E-state index contributed by atoms with van der Waals surface area (Å²) >= 11 is 0. The van der Waals surface area contributed by atoms with E-state index in [-0.39, 0.29) is 20.4 Å². The number of benzene rings is 6. The van der Waals surface area contributed by atoms with Crippen LogP contribution < -0.4 is 0 Å². The molecule has 0 saturated heterocycles. The Morgan fingerprint density at radius 3 is 0.979 bits per heavy atom. The topological polar surface area (TPSA) is 0 Å². The molecule has 2 aliphatic rings.